The SMILES string of the molecule is COc1cc(C(=O)OCC(=O)c2ccc3c(c2)CCCC3)c([N+](=O)[O-])cc1OC. The van der Waals surface area contributed by atoms with E-state index in [9.17, 15) is 19.7 Å². The first kappa shape index (κ1) is 20.3. The van der Waals surface area contributed by atoms with E-state index in [1.165, 1.54) is 25.8 Å². The van der Waals surface area contributed by atoms with Gasteiger partial charge in [-0.3, -0.25) is 14.9 Å². The van der Waals surface area contributed by atoms with Crippen LogP contribution < -0.4 is 9.47 Å². The van der Waals surface area contributed by atoms with Crippen molar-refractivity contribution in [3.63, 3.8) is 0 Å². The highest BCUT2D eigenvalue weighted by molar-refractivity contribution is 6.00. The average Bonchev–Trinajstić information content (AvgIpc) is 2.75. The first-order valence-electron chi connectivity index (χ1n) is 9.17. The first-order valence-corrected chi connectivity index (χ1v) is 9.17. The van der Waals surface area contributed by atoms with E-state index in [1.54, 1.807) is 6.07 Å². The van der Waals surface area contributed by atoms with Crippen LogP contribution in [0.15, 0.2) is 30.3 Å². The number of nitro groups is 1. The molecule has 0 atom stereocenters. The maximum absolute atomic E-state index is 12.5. The zero-order chi connectivity index (χ0) is 21.0. The Bertz CT molecular complexity index is 968. The number of fused-ring (bicyclic) bond motifs is 1. The van der Waals surface area contributed by atoms with Crippen LogP contribution in [-0.4, -0.2) is 37.5 Å². The van der Waals surface area contributed by atoms with Crippen molar-refractivity contribution >= 4 is 17.4 Å². The molecule has 0 saturated carbocycles. The molecule has 0 amide bonds. The van der Waals surface area contributed by atoms with Crippen LogP contribution in [0.1, 0.15) is 44.7 Å². The van der Waals surface area contributed by atoms with Crippen LogP contribution in [0.25, 0.3) is 0 Å². The Balaban J connectivity index is 1.76. The van der Waals surface area contributed by atoms with Gasteiger partial charge in [-0.15, -0.1) is 0 Å². The molecule has 0 heterocycles. The number of hydrogen-bond donors (Lipinski definition) is 0. The lowest BCUT2D eigenvalue weighted by Gasteiger charge is -2.16. The van der Waals surface area contributed by atoms with Crippen LogP contribution in [0, 0.1) is 10.1 Å². The number of hydrogen-bond acceptors (Lipinski definition) is 7. The van der Waals surface area contributed by atoms with E-state index in [4.69, 9.17) is 14.2 Å². The molecule has 0 saturated heterocycles. The predicted octanol–water partition coefficient (Wildman–Crippen LogP) is 3.53. The second-order valence-electron chi connectivity index (χ2n) is 6.67. The van der Waals surface area contributed by atoms with E-state index in [1.807, 2.05) is 12.1 Å². The van der Waals surface area contributed by atoms with Crippen molar-refractivity contribution in [2.24, 2.45) is 0 Å². The lowest BCUT2D eigenvalue weighted by molar-refractivity contribution is -0.385. The maximum Gasteiger partial charge on any atom is 0.345 e. The van der Waals surface area contributed by atoms with Crippen LogP contribution in [0.4, 0.5) is 5.69 Å². The molecule has 1 aliphatic rings. The minimum atomic E-state index is -0.982. The summed E-state index contributed by atoms with van der Waals surface area (Å²) in [5.41, 5.74) is 2.04. The Kier molecular flexibility index (Phi) is 6.11. The smallest absolute Gasteiger partial charge is 0.345 e. The van der Waals surface area contributed by atoms with E-state index >= 15 is 0 Å². The summed E-state index contributed by atoms with van der Waals surface area (Å²) in [6.07, 6.45) is 4.15. The van der Waals surface area contributed by atoms with Crippen molar-refractivity contribution in [3.05, 3.63) is 62.7 Å². The standard InChI is InChI=1S/C21H21NO7/c1-27-19-10-16(17(22(25)26)11-20(19)28-2)21(24)29-12-18(23)15-8-7-13-5-3-4-6-14(13)9-15/h7-11H,3-6,12H2,1-2H3. The number of esters is 1. The van der Waals surface area contributed by atoms with Crippen LogP contribution >= 0.6 is 0 Å². The number of rotatable bonds is 7. The highest BCUT2D eigenvalue weighted by Gasteiger charge is 2.26. The summed E-state index contributed by atoms with van der Waals surface area (Å²) in [5, 5.41) is 11.3. The molecule has 0 spiro atoms. The minimum Gasteiger partial charge on any atom is -0.493 e. The van der Waals surface area contributed by atoms with Crippen molar-refractivity contribution < 1.29 is 28.7 Å². The summed E-state index contributed by atoms with van der Waals surface area (Å²) in [6.45, 7) is -0.511. The number of ketones is 1. The Hall–Kier alpha value is -3.42. The second kappa shape index (κ2) is 8.72. The number of Topliss-reactive ketones (excluding diaryl/α,β-unsaturated/α-hetero) is 1. The molecule has 0 radical (unpaired) electrons. The molecular weight excluding hydrogens is 378 g/mol. The third kappa shape index (κ3) is 4.37. The largest absolute Gasteiger partial charge is 0.493 e. The van der Waals surface area contributed by atoms with E-state index in [0.717, 1.165) is 37.3 Å². The summed E-state index contributed by atoms with van der Waals surface area (Å²) in [5.74, 6) is -1.09. The van der Waals surface area contributed by atoms with Gasteiger partial charge in [0.25, 0.3) is 5.69 Å². The van der Waals surface area contributed by atoms with Gasteiger partial charge in [-0.25, -0.2) is 4.79 Å². The topological polar surface area (TPSA) is 105 Å². The van der Waals surface area contributed by atoms with Gasteiger partial charge in [0.1, 0.15) is 5.56 Å². The number of benzene rings is 2. The van der Waals surface area contributed by atoms with Crippen LogP contribution in [-0.2, 0) is 17.6 Å². The molecular formula is C21H21NO7. The molecule has 0 aliphatic heterocycles. The van der Waals surface area contributed by atoms with E-state index < -0.39 is 23.2 Å². The van der Waals surface area contributed by atoms with Crippen molar-refractivity contribution in [3.8, 4) is 11.5 Å². The Morgan fingerprint density at radius 2 is 1.66 bits per heavy atom. The second-order valence-corrected chi connectivity index (χ2v) is 6.67. The van der Waals surface area contributed by atoms with Gasteiger partial charge in [0.2, 0.25) is 0 Å². The molecule has 2 aromatic carbocycles. The maximum atomic E-state index is 12.5. The van der Waals surface area contributed by atoms with E-state index in [2.05, 4.69) is 0 Å². The summed E-state index contributed by atoms with van der Waals surface area (Å²) in [7, 11) is 2.68. The van der Waals surface area contributed by atoms with Gasteiger partial charge in [0.15, 0.2) is 23.9 Å². The third-order valence-electron chi connectivity index (χ3n) is 4.92. The van der Waals surface area contributed by atoms with Crippen LogP contribution in [0.3, 0.4) is 0 Å². The number of nitro benzene ring substituents is 1. The normalized spacial score (nSPS) is 12.6. The van der Waals surface area contributed by atoms with Gasteiger partial charge in [-0.2, -0.15) is 0 Å². The van der Waals surface area contributed by atoms with E-state index in [0.29, 0.717) is 5.56 Å². The van der Waals surface area contributed by atoms with Gasteiger partial charge in [-0.1, -0.05) is 12.1 Å². The average molecular weight is 399 g/mol. The van der Waals surface area contributed by atoms with Crippen molar-refractivity contribution in [1.29, 1.82) is 0 Å². The molecule has 0 fully saturated rings. The molecule has 0 unspecified atom stereocenters. The molecule has 3 rings (SSSR count). The van der Waals surface area contributed by atoms with Crippen molar-refractivity contribution in [2.45, 2.75) is 25.7 Å². The molecule has 1 aliphatic carbocycles. The Labute approximate surface area is 167 Å². The van der Waals surface area contributed by atoms with Crippen molar-refractivity contribution in [2.75, 3.05) is 20.8 Å². The highest BCUT2D eigenvalue weighted by Crippen LogP contribution is 2.34. The lowest BCUT2D eigenvalue weighted by atomic mass is 9.90. The zero-order valence-corrected chi connectivity index (χ0v) is 16.2. The molecule has 0 bridgehead atoms. The molecule has 0 aromatic heterocycles. The Morgan fingerprint density at radius 3 is 2.31 bits per heavy atom. The summed E-state index contributed by atoms with van der Waals surface area (Å²) < 4.78 is 15.2. The summed E-state index contributed by atoms with van der Waals surface area (Å²) in [4.78, 5) is 35.5. The summed E-state index contributed by atoms with van der Waals surface area (Å²) in [6, 6.07) is 7.74. The van der Waals surface area contributed by atoms with Gasteiger partial charge >= 0.3 is 5.97 Å². The quantitative estimate of drug-likeness (QED) is 0.303. The Morgan fingerprint density at radius 1 is 1.00 bits per heavy atom. The van der Waals surface area contributed by atoms with Crippen LogP contribution in [0.2, 0.25) is 0 Å². The van der Waals surface area contributed by atoms with Crippen molar-refractivity contribution in [1.82, 2.24) is 0 Å². The third-order valence-corrected chi connectivity index (χ3v) is 4.92. The van der Waals surface area contributed by atoms with Gasteiger partial charge in [0.05, 0.1) is 25.2 Å². The number of aryl methyl sites for hydroxylation is 2. The molecule has 29 heavy (non-hydrogen) atoms. The fraction of sp³-hybridized carbons (Fsp3) is 0.333. The number of carbonyl (C=O) groups is 2. The van der Waals surface area contributed by atoms with Crippen LogP contribution in [0.5, 0.6) is 11.5 Å². The number of nitrogens with zero attached hydrogens (tertiary/aromatic N) is 1. The number of carbonyl (C=O) groups excluding carboxylic acids is 2. The number of methoxy groups -OCH3 is 2. The molecule has 8 heteroatoms. The fourth-order valence-corrected chi connectivity index (χ4v) is 3.38. The van der Waals surface area contributed by atoms with Gasteiger partial charge in [-0.05, 0) is 42.9 Å². The van der Waals surface area contributed by atoms with E-state index in [-0.39, 0.29) is 22.8 Å². The first-order chi connectivity index (χ1) is 13.9. The van der Waals surface area contributed by atoms with Gasteiger partial charge in [0, 0.05) is 11.6 Å². The summed E-state index contributed by atoms with van der Waals surface area (Å²) >= 11 is 0. The molecule has 8 nitrogen and oxygen atoms in total. The highest BCUT2D eigenvalue weighted by atomic mass is 16.6. The lowest BCUT2D eigenvalue weighted by Crippen LogP contribution is -2.16. The minimum absolute atomic E-state index is 0.112. The predicted molar refractivity (Wildman–Crippen MR) is 104 cm³/mol. The zero-order valence-electron chi connectivity index (χ0n) is 16.2. The number of ether oxygens (including phenoxy) is 3. The monoisotopic (exact) mass is 399 g/mol. The molecule has 152 valence electrons. The molecule has 0 N–H and O–H groups in total. The van der Waals surface area contributed by atoms with Gasteiger partial charge < -0.3 is 14.2 Å². The fourth-order valence-electron chi connectivity index (χ4n) is 3.38. The molecule has 2 aromatic rings.